The van der Waals surface area contributed by atoms with E-state index < -0.39 is 12.0 Å². The largest absolute Gasteiger partial charge is 0.495 e. The number of imide groups is 1. The maximum atomic E-state index is 12.9. The lowest BCUT2D eigenvalue weighted by molar-refractivity contribution is -0.124. The molecule has 1 saturated heterocycles. The molecule has 3 aromatic carbocycles. The maximum absolute atomic E-state index is 12.9. The molecule has 1 aliphatic heterocycles. The lowest BCUT2D eigenvalue weighted by atomic mass is 10.0. The minimum absolute atomic E-state index is 0.195. The molecule has 1 fully saturated rings. The Morgan fingerprint density at radius 2 is 1.74 bits per heavy atom. The number of methoxy groups -OCH3 is 1. The van der Waals surface area contributed by atoms with Gasteiger partial charge in [-0.1, -0.05) is 78.9 Å². The van der Waals surface area contributed by atoms with Crippen LogP contribution in [0.15, 0.2) is 84.9 Å². The van der Waals surface area contributed by atoms with Crippen molar-refractivity contribution in [1.29, 1.82) is 0 Å². The Labute approximate surface area is 181 Å². The average molecular weight is 413 g/mol. The fourth-order valence-corrected chi connectivity index (χ4v) is 3.77. The Kier molecular flexibility index (Phi) is 6.13. The molecule has 5 nitrogen and oxygen atoms in total. The smallest absolute Gasteiger partial charge is 0.417 e. The number of hydrogen-bond donors (Lipinski definition) is 0. The molecule has 0 spiro atoms. The van der Waals surface area contributed by atoms with Gasteiger partial charge in [0.2, 0.25) is 0 Å². The highest BCUT2D eigenvalue weighted by Gasteiger charge is 2.36. The molecular weight excluding hydrogens is 390 g/mol. The zero-order valence-electron chi connectivity index (χ0n) is 17.2. The van der Waals surface area contributed by atoms with Crippen molar-refractivity contribution >= 4 is 18.1 Å². The fourth-order valence-electron chi connectivity index (χ4n) is 3.77. The second-order valence-electron chi connectivity index (χ2n) is 7.26. The van der Waals surface area contributed by atoms with Crippen molar-refractivity contribution in [2.24, 2.45) is 0 Å². The molecule has 4 rings (SSSR count). The van der Waals surface area contributed by atoms with Crippen molar-refractivity contribution in [3.63, 3.8) is 0 Å². The average Bonchev–Trinajstić information content (AvgIpc) is 3.18. The standard InChI is InChI=1S/C26H23NO4/c1-30-25-21(13-8-14-23(25)20-11-6-3-7-12-20)15-16-24(28)27-22(18-31-26(27)29)17-19-9-4-2-5-10-19/h2-16,22H,17-18H2,1H3/b16-15+. The Morgan fingerprint density at radius 3 is 2.45 bits per heavy atom. The second-order valence-corrected chi connectivity index (χ2v) is 7.26. The molecule has 0 radical (unpaired) electrons. The summed E-state index contributed by atoms with van der Waals surface area (Å²) in [7, 11) is 1.61. The molecule has 1 atom stereocenters. The molecule has 0 bridgehead atoms. The molecule has 0 aromatic heterocycles. The molecule has 0 saturated carbocycles. The minimum Gasteiger partial charge on any atom is -0.495 e. The third-order valence-corrected chi connectivity index (χ3v) is 5.25. The Balaban J connectivity index is 1.56. The van der Waals surface area contributed by atoms with Crippen molar-refractivity contribution < 1.29 is 19.1 Å². The zero-order chi connectivity index (χ0) is 21.6. The summed E-state index contributed by atoms with van der Waals surface area (Å²) in [5.41, 5.74) is 3.75. The zero-order valence-corrected chi connectivity index (χ0v) is 17.2. The highest BCUT2D eigenvalue weighted by Crippen LogP contribution is 2.33. The van der Waals surface area contributed by atoms with Crippen molar-refractivity contribution in [2.45, 2.75) is 12.5 Å². The van der Waals surface area contributed by atoms with Gasteiger partial charge in [0.15, 0.2) is 0 Å². The SMILES string of the molecule is COc1c(/C=C/C(=O)N2C(=O)OCC2Cc2ccccc2)cccc1-c1ccccc1. The van der Waals surface area contributed by atoms with Crippen molar-refractivity contribution in [3.05, 3.63) is 96.1 Å². The van der Waals surface area contributed by atoms with Gasteiger partial charge in [-0.25, -0.2) is 9.69 Å². The van der Waals surface area contributed by atoms with Gasteiger partial charge < -0.3 is 9.47 Å². The van der Waals surface area contributed by atoms with E-state index in [4.69, 9.17) is 9.47 Å². The number of carbonyl (C=O) groups is 2. The van der Waals surface area contributed by atoms with E-state index in [1.54, 1.807) is 13.2 Å². The van der Waals surface area contributed by atoms with Gasteiger partial charge in [0.05, 0.1) is 13.2 Å². The summed E-state index contributed by atoms with van der Waals surface area (Å²) in [5, 5.41) is 0. The first-order chi connectivity index (χ1) is 15.2. The third-order valence-electron chi connectivity index (χ3n) is 5.25. The van der Waals surface area contributed by atoms with Crippen LogP contribution in [-0.4, -0.2) is 36.7 Å². The van der Waals surface area contributed by atoms with Crippen LogP contribution in [0.5, 0.6) is 5.75 Å². The van der Waals surface area contributed by atoms with Gasteiger partial charge in [-0.15, -0.1) is 0 Å². The van der Waals surface area contributed by atoms with Gasteiger partial charge in [0, 0.05) is 17.2 Å². The normalized spacial score (nSPS) is 15.8. The first-order valence-electron chi connectivity index (χ1n) is 10.1. The van der Waals surface area contributed by atoms with E-state index in [0.29, 0.717) is 12.2 Å². The number of benzene rings is 3. The summed E-state index contributed by atoms with van der Waals surface area (Å²) in [6.07, 6.45) is 3.02. The molecule has 1 aliphatic rings. The molecular formula is C26H23NO4. The predicted molar refractivity (Wildman–Crippen MR) is 120 cm³/mol. The van der Waals surface area contributed by atoms with Crippen LogP contribution in [0.4, 0.5) is 4.79 Å². The summed E-state index contributed by atoms with van der Waals surface area (Å²) >= 11 is 0. The molecule has 1 unspecified atom stereocenters. The molecule has 31 heavy (non-hydrogen) atoms. The van der Waals surface area contributed by atoms with Gasteiger partial charge in [-0.05, 0) is 23.6 Å². The lowest BCUT2D eigenvalue weighted by Crippen LogP contribution is -2.39. The van der Waals surface area contributed by atoms with Crippen molar-refractivity contribution in [1.82, 2.24) is 4.90 Å². The monoisotopic (exact) mass is 413 g/mol. The highest BCUT2D eigenvalue weighted by atomic mass is 16.6. The summed E-state index contributed by atoms with van der Waals surface area (Å²) in [6, 6.07) is 25.1. The van der Waals surface area contributed by atoms with Gasteiger partial charge in [-0.2, -0.15) is 0 Å². The number of carbonyl (C=O) groups excluding carboxylic acids is 2. The first kappa shape index (κ1) is 20.4. The molecule has 156 valence electrons. The summed E-state index contributed by atoms with van der Waals surface area (Å²) in [6.45, 7) is 0.195. The Morgan fingerprint density at radius 1 is 1.03 bits per heavy atom. The van der Waals surface area contributed by atoms with Crippen LogP contribution in [-0.2, 0) is 16.0 Å². The molecule has 3 aromatic rings. The van der Waals surface area contributed by atoms with E-state index in [2.05, 4.69) is 0 Å². The number of nitrogens with zero attached hydrogens (tertiary/aromatic N) is 1. The summed E-state index contributed by atoms with van der Waals surface area (Å²) < 4.78 is 10.8. The maximum Gasteiger partial charge on any atom is 0.417 e. The third kappa shape index (κ3) is 4.51. The molecule has 0 N–H and O–H groups in total. The van der Waals surface area contributed by atoms with E-state index in [1.807, 2.05) is 78.9 Å². The topological polar surface area (TPSA) is 55.8 Å². The van der Waals surface area contributed by atoms with Crippen molar-refractivity contribution in [3.8, 4) is 16.9 Å². The van der Waals surface area contributed by atoms with E-state index in [9.17, 15) is 9.59 Å². The minimum atomic E-state index is -0.611. The lowest BCUT2D eigenvalue weighted by Gasteiger charge is -2.18. The molecule has 5 heteroatoms. The summed E-state index contributed by atoms with van der Waals surface area (Å²) in [5.74, 6) is 0.262. The van der Waals surface area contributed by atoms with E-state index in [-0.39, 0.29) is 12.6 Å². The van der Waals surface area contributed by atoms with Crippen LogP contribution in [0.3, 0.4) is 0 Å². The molecule has 1 heterocycles. The van der Waals surface area contributed by atoms with Crippen LogP contribution in [0.2, 0.25) is 0 Å². The second kappa shape index (κ2) is 9.30. The van der Waals surface area contributed by atoms with Crippen molar-refractivity contribution in [2.75, 3.05) is 13.7 Å². The number of cyclic esters (lactones) is 1. The Hall–Kier alpha value is -3.86. The van der Waals surface area contributed by atoms with Gasteiger partial charge in [-0.3, -0.25) is 4.79 Å². The van der Waals surface area contributed by atoms with Gasteiger partial charge >= 0.3 is 6.09 Å². The van der Waals surface area contributed by atoms with Crippen LogP contribution in [0.25, 0.3) is 17.2 Å². The van der Waals surface area contributed by atoms with Gasteiger partial charge in [0.25, 0.3) is 5.91 Å². The van der Waals surface area contributed by atoms with E-state index in [1.165, 1.54) is 11.0 Å². The quantitative estimate of drug-likeness (QED) is 0.536. The van der Waals surface area contributed by atoms with Gasteiger partial charge in [0.1, 0.15) is 12.4 Å². The van der Waals surface area contributed by atoms with E-state index >= 15 is 0 Å². The summed E-state index contributed by atoms with van der Waals surface area (Å²) in [4.78, 5) is 26.3. The van der Waals surface area contributed by atoms with Crippen LogP contribution >= 0.6 is 0 Å². The Bertz CT molecular complexity index is 1090. The number of amides is 2. The van der Waals surface area contributed by atoms with Crippen LogP contribution in [0, 0.1) is 0 Å². The predicted octanol–water partition coefficient (Wildman–Crippen LogP) is 4.97. The first-order valence-corrected chi connectivity index (χ1v) is 10.1. The number of ether oxygens (including phenoxy) is 2. The highest BCUT2D eigenvalue weighted by molar-refractivity contribution is 6.02. The van der Waals surface area contributed by atoms with Crippen LogP contribution in [0.1, 0.15) is 11.1 Å². The fraction of sp³-hybridized carbons (Fsp3) is 0.154. The molecule has 2 amide bonds. The molecule has 0 aliphatic carbocycles. The van der Waals surface area contributed by atoms with Crippen LogP contribution < -0.4 is 4.74 Å². The van der Waals surface area contributed by atoms with E-state index in [0.717, 1.165) is 22.3 Å². The number of hydrogen-bond acceptors (Lipinski definition) is 4. The number of rotatable bonds is 6. The number of para-hydroxylation sites is 1.